The number of anilines is 2. The van der Waals surface area contributed by atoms with Crippen molar-refractivity contribution >= 4 is 23.7 Å². The van der Waals surface area contributed by atoms with Crippen molar-refractivity contribution in [2.24, 2.45) is 5.84 Å². The lowest BCUT2D eigenvalue weighted by Crippen LogP contribution is -2.17. The highest BCUT2D eigenvalue weighted by Crippen LogP contribution is 2.26. The molecule has 0 atom stereocenters. The molecule has 0 spiro atoms. The molecule has 0 unspecified atom stereocenters. The van der Waals surface area contributed by atoms with E-state index >= 15 is 0 Å². The maximum absolute atomic E-state index is 5.37. The Kier molecular flexibility index (Phi) is 4.18. The van der Waals surface area contributed by atoms with Crippen LogP contribution in [0.15, 0.2) is 34.3 Å². The zero-order chi connectivity index (χ0) is 13.8. The summed E-state index contributed by atoms with van der Waals surface area (Å²) >= 11 is 1.47. The summed E-state index contributed by atoms with van der Waals surface area (Å²) in [6.45, 7) is 2.05. The zero-order valence-electron chi connectivity index (χ0n) is 11.1. The van der Waals surface area contributed by atoms with Gasteiger partial charge >= 0.3 is 0 Å². The highest BCUT2D eigenvalue weighted by atomic mass is 32.2. The minimum atomic E-state index is 0.355. The fourth-order valence-electron chi connectivity index (χ4n) is 1.37. The van der Waals surface area contributed by atoms with Gasteiger partial charge in [0.2, 0.25) is 11.9 Å². The third-order valence-electron chi connectivity index (χ3n) is 2.36. The van der Waals surface area contributed by atoms with E-state index in [-0.39, 0.29) is 0 Å². The van der Waals surface area contributed by atoms with Crippen molar-refractivity contribution < 1.29 is 0 Å². The fourth-order valence-corrected chi connectivity index (χ4v) is 2.11. The molecule has 2 rings (SSSR count). The van der Waals surface area contributed by atoms with E-state index in [9.17, 15) is 0 Å². The van der Waals surface area contributed by atoms with Gasteiger partial charge in [0.25, 0.3) is 0 Å². The van der Waals surface area contributed by atoms with Gasteiger partial charge in [-0.15, -0.1) is 0 Å². The van der Waals surface area contributed by atoms with Crippen molar-refractivity contribution in [1.29, 1.82) is 0 Å². The van der Waals surface area contributed by atoms with E-state index in [1.165, 1.54) is 17.3 Å². The largest absolute Gasteiger partial charge is 0.347 e. The number of rotatable bonds is 4. The van der Waals surface area contributed by atoms with Crippen LogP contribution < -0.4 is 16.2 Å². The molecule has 0 saturated heterocycles. The van der Waals surface area contributed by atoms with E-state index in [0.29, 0.717) is 17.1 Å². The van der Waals surface area contributed by atoms with Crippen LogP contribution in [0, 0.1) is 6.92 Å². The van der Waals surface area contributed by atoms with Crippen molar-refractivity contribution in [3.8, 4) is 0 Å². The maximum atomic E-state index is 5.37. The van der Waals surface area contributed by atoms with Gasteiger partial charge in [-0.2, -0.15) is 15.0 Å². The molecule has 100 valence electrons. The van der Waals surface area contributed by atoms with Crippen LogP contribution in [-0.2, 0) is 0 Å². The molecular formula is C12H16N6S. The second-order valence-electron chi connectivity index (χ2n) is 4.20. The number of benzene rings is 1. The Morgan fingerprint density at radius 2 is 1.79 bits per heavy atom. The van der Waals surface area contributed by atoms with Gasteiger partial charge in [0.1, 0.15) is 0 Å². The van der Waals surface area contributed by atoms with E-state index in [1.54, 1.807) is 0 Å². The molecule has 0 bridgehead atoms. The molecule has 1 aromatic carbocycles. The van der Waals surface area contributed by atoms with Gasteiger partial charge < -0.3 is 4.90 Å². The number of hydrogen-bond donors (Lipinski definition) is 2. The molecule has 0 radical (unpaired) electrons. The summed E-state index contributed by atoms with van der Waals surface area (Å²) in [5.41, 5.74) is 3.68. The monoisotopic (exact) mass is 276 g/mol. The lowest BCUT2D eigenvalue weighted by atomic mass is 10.2. The number of hydrazine groups is 1. The van der Waals surface area contributed by atoms with Crippen LogP contribution in [0.1, 0.15) is 5.56 Å². The number of nitrogens with zero attached hydrogens (tertiary/aromatic N) is 4. The zero-order valence-corrected chi connectivity index (χ0v) is 11.9. The summed E-state index contributed by atoms with van der Waals surface area (Å²) in [4.78, 5) is 15.6. The third-order valence-corrected chi connectivity index (χ3v) is 3.24. The van der Waals surface area contributed by atoms with Crippen molar-refractivity contribution in [1.82, 2.24) is 15.0 Å². The summed E-state index contributed by atoms with van der Waals surface area (Å²) in [7, 11) is 3.74. The number of nitrogens with one attached hydrogen (secondary N) is 1. The molecule has 0 saturated carbocycles. The van der Waals surface area contributed by atoms with Crippen LogP contribution in [0.5, 0.6) is 0 Å². The standard InChI is InChI=1S/C12H16N6S/c1-8-4-6-9(7-5-8)19-12-15-10(17-13)14-11(16-12)18(2)3/h4-7H,13H2,1-3H3,(H,14,15,16,17). The Morgan fingerprint density at radius 1 is 1.11 bits per heavy atom. The van der Waals surface area contributed by atoms with Crippen LogP contribution in [0.25, 0.3) is 0 Å². The second kappa shape index (κ2) is 5.85. The fraction of sp³-hybridized carbons (Fsp3) is 0.250. The van der Waals surface area contributed by atoms with Crippen molar-refractivity contribution in [2.75, 3.05) is 24.4 Å². The Morgan fingerprint density at radius 3 is 2.37 bits per heavy atom. The first-order valence-corrected chi connectivity index (χ1v) is 6.54. The highest BCUT2D eigenvalue weighted by molar-refractivity contribution is 7.99. The van der Waals surface area contributed by atoms with Gasteiger partial charge in [0.05, 0.1) is 0 Å². The summed E-state index contributed by atoms with van der Waals surface area (Å²) < 4.78 is 0. The van der Waals surface area contributed by atoms with E-state index in [2.05, 4.69) is 39.4 Å². The van der Waals surface area contributed by atoms with Crippen molar-refractivity contribution in [3.05, 3.63) is 29.8 Å². The first-order chi connectivity index (χ1) is 9.08. The molecule has 6 nitrogen and oxygen atoms in total. The lowest BCUT2D eigenvalue weighted by molar-refractivity contribution is 0.865. The summed E-state index contributed by atoms with van der Waals surface area (Å²) in [6, 6.07) is 8.18. The van der Waals surface area contributed by atoms with Crippen LogP contribution in [0.4, 0.5) is 11.9 Å². The molecule has 0 aliphatic heterocycles. The number of hydrogen-bond acceptors (Lipinski definition) is 7. The number of aromatic nitrogens is 3. The molecule has 3 N–H and O–H groups in total. The molecule has 0 aliphatic carbocycles. The summed E-state index contributed by atoms with van der Waals surface area (Å²) in [5.74, 6) is 6.29. The van der Waals surface area contributed by atoms with Crippen LogP contribution in [0.2, 0.25) is 0 Å². The minimum Gasteiger partial charge on any atom is -0.347 e. The van der Waals surface area contributed by atoms with Crippen molar-refractivity contribution in [2.45, 2.75) is 17.0 Å². The van der Waals surface area contributed by atoms with E-state index in [4.69, 9.17) is 5.84 Å². The topological polar surface area (TPSA) is 80.0 Å². The summed E-state index contributed by atoms with van der Waals surface area (Å²) in [6.07, 6.45) is 0. The minimum absolute atomic E-state index is 0.355. The lowest BCUT2D eigenvalue weighted by Gasteiger charge is -2.12. The SMILES string of the molecule is Cc1ccc(Sc2nc(NN)nc(N(C)C)n2)cc1. The molecule has 0 aliphatic rings. The van der Waals surface area contributed by atoms with Crippen LogP contribution >= 0.6 is 11.8 Å². The van der Waals surface area contributed by atoms with E-state index < -0.39 is 0 Å². The van der Waals surface area contributed by atoms with Gasteiger partial charge in [-0.25, -0.2) is 5.84 Å². The number of nitrogen functional groups attached to an aromatic ring is 1. The average Bonchev–Trinajstić information content (AvgIpc) is 2.41. The van der Waals surface area contributed by atoms with Gasteiger partial charge in [0.15, 0.2) is 5.16 Å². The highest BCUT2D eigenvalue weighted by Gasteiger charge is 2.08. The molecule has 7 heteroatoms. The Balaban J connectivity index is 2.28. The Hall–Kier alpha value is -1.86. The Bertz CT molecular complexity index is 555. The first-order valence-electron chi connectivity index (χ1n) is 5.73. The molecule has 0 amide bonds. The van der Waals surface area contributed by atoms with Gasteiger partial charge in [-0.05, 0) is 30.8 Å². The average molecular weight is 276 g/mol. The quantitative estimate of drug-likeness (QED) is 0.649. The number of aryl methyl sites for hydroxylation is 1. The smallest absolute Gasteiger partial charge is 0.242 e. The molecule has 2 aromatic rings. The number of nitrogens with two attached hydrogens (primary N) is 1. The van der Waals surface area contributed by atoms with E-state index in [1.807, 2.05) is 31.1 Å². The van der Waals surface area contributed by atoms with Crippen LogP contribution in [-0.4, -0.2) is 29.0 Å². The predicted octanol–water partition coefficient (Wildman–Crippen LogP) is 1.68. The van der Waals surface area contributed by atoms with Crippen molar-refractivity contribution in [3.63, 3.8) is 0 Å². The summed E-state index contributed by atoms with van der Waals surface area (Å²) in [5, 5.41) is 0.607. The Labute approximate surface area is 116 Å². The molecule has 1 heterocycles. The van der Waals surface area contributed by atoms with E-state index in [0.717, 1.165) is 4.90 Å². The van der Waals surface area contributed by atoms with Gasteiger partial charge in [-0.1, -0.05) is 17.7 Å². The maximum Gasteiger partial charge on any atom is 0.242 e. The molecular weight excluding hydrogens is 260 g/mol. The normalized spacial score (nSPS) is 10.3. The van der Waals surface area contributed by atoms with Gasteiger partial charge in [-0.3, -0.25) is 5.43 Å². The van der Waals surface area contributed by atoms with Crippen LogP contribution in [0.3, 0.4) is 0 Å². The predicted molar refractivity (Wildman–Crippen MR) is 77.3 cm³/mol. The molecule has 0 fully saturated rings. The second-order valence-corrected chi connectivity index (χ2v) is 5.24. The van der Waals surface area contributed by atoms with Gasteiger partial charge in [0, 0.05) is 19.0 Å². The molecule has 1 aromatic heterocycles. The first kappa shape index (κ1) is 13.6. The molecule has 19 heavy (non-hydrogen) atoms. The third kappa shape index (κ3) is 3.55.